The van der Waals surface area contributed by atoms with Gasteiger partial charge in [-0.1, -0.05) is 37.2 Å². The van der Waals surface area contributed by atoms with E-state index in [2.05, 4.69) is 20.2 Å². The van der Waals surface area contributed by atoms with Crippen molar-refractivity contribution in [3.05, 3.63) is 66.3 Å². The number of anilines is 1. The summed E-state index contributed by atoms with van der Waals surface area (Å²) in [5, 5.41) is 19.3. The van der Waals surface area contributed by atoms with Crippen LogP contribution in [0.4, 0.5) is 36.6 Å². The van der Waals surface area contributed by atoms with Crippen LogP contribution >= 0.6 is 0 Å². The van der Waals surface area contributed by atoms with Crippen molar-refractivity contribution in [2.24, 2.45) is 0 Å². The fraction of sp³-hybridized carbons (Fsp3) is 0.304. The van der Waals surface area contributed by atoms with E-state index < -0.39 is 36.1 Å². The molecule has 3 heterocycles. The Labute approximate surface area is 211 Å². The molecule has 0 radical (unpaired) electrons. The molecule has 0 spiro atoms. The maximum absolute atomic E-state index is 14.2. The SMILES string of the molecule is CC.OC(CNc1ccnc(-c2cc(-c3ccon3)n(Cc3ccccc3F)n2)n1)(C(F)(F)F)C(F)(F)F. The summed E-state index contributed by atoms with van der Waals surface area (Å²) in [6.45, 7) is 2.01. The molecular formula is C23H21F7N6O2. The van der Waals surface area contributed by atoms with Gasteiger partial charge in [0, 0.05) is 17.8 Å². The fourth-order valence-electron chi connectivity index (χ4n) is 3.15. The zero-order chi connectivity index (χ0) is 28.1. The van der Waals surface area contributed by atoms with Crippen LogP contribution in [0, 0.1) is 5.82 Å². The van der Waals surface area contributed by atoms with Crippen molar-refractivity contribution in [3.63, 3.8) is 0 Å². The zero-order valence-electron chi connectivity index (χ0n) is 19.8. The van der Waals surface area contributed by atoms with E-state index in [1.165, 1.54) is 41.3 Å². The Morgan fingerprint density at radius 2 is 1.66 bits per heavy atom. The highest BCUT2D eigenvalue weighted by Crippen LogP contribution is 2.43. The summed E-state index contributed by atoms with van der Waals surface area (Å²) in [6, 6.07) is 9.90. The van der Waals surface area contributed by atoms with Crippen LogP contribution in [0.25, 0.3) is 22.9 Å². The van der Waals surface area contributed by atoms with E-state index in [-0.39, 0.29) is 23.6 Å². The summed E-state index contributed by atoms with van der Waals surface area (Å²) < 4.78 is 98.0. The maximum atomic E-state index is 14.2. The second kappa shape index (κ2) is 11.2. The first-order chi connectivity index (χ1) is 17.9. The Hall–Kier alpha value is -4.01. The van der Waals surface area contributed by atoms with Crippen molar-refractivity contribution in [1.82, 2.24) is 24.9 Å². The van der Waals surface area contributed by atoms with Gasteiger partial charge in [0.1, 0.15) is 29.3 Å². The lowest BCUT2D eigenvalue weighted by atomic mass is 10.0. The van der Waals surface area contributed by atoms with Gasteiger partial charge in [0.25, 0.3) is 5.60 Å². The molecule has 0 saturated carbocycles. The van der Waals surface area contributed by atoms with E-state index in [1.807, 2.05) is 19.2 Å². The molecule has 0 atom stereocenters. The van der Waals surface area contributed by atoms with Gasteiger partial charge >= 0.3 is 12.4 Å². The topological polar surface area (TPSA) is 102 Å². The number of halogens is 7. The Kier molecular flexibility index (Phi) is 8.39. The average molecular weight is 546 g/mol. The average Bonchev–Trinajstić information content (AvgIpc) is 3.54. The van der Waals surface area contributed by atoms with Gasteiger partial charge in [0.15, 0.2) is 5.82 Å². The lowest BCUT2D eigenvalue weighted by Gasteiger charge is -2.32. The van der Waals surface area contributed by atoms with E-state index in [9.17, 15) is 35.8 Å². The predicted octanol–water partition coefficient (Wildman–Crippen LogP) is 5.48. The number of aliphatic hydroxyl groups is 1. The molecule has 15 heteroatoms. The molecule has 8 nitrogen and oxygen atoms in total. The molecule has 0 bridgehead atoms. The first-order valence-electron chi connectivity index (χ1n) is 11.0. The smallest absolute Gasteiger partial charge is 0.372 e. The molecule has 0 unspecified atom stereocenters. The van der Waals surface area contributed by atoms with Gasteiger partial charge in [-0.25, -0.2) is 14.4 Å². The van der Waals surface area contributed by atoms with Crippen LogP contribution in [-0.2, 0) is 6.54 Å². The van der Waals surface area contributed by atoms with Gasteiger partial charge in [-0.3, -0.25) is 4.68 Å². The minimum Gasteiger partial charge on any atom is -0.372 e. The third-order valence-corrected chi connectivity index (χ3v) is 5.11. The predicted molar refractivity (Wildman–Crippen MR) is 121 cm³/mol. The molecule has 4 aromatic rings. The molecule has 0 aliphatic rings. The number of nitrogens with one attached hydrogen (secondary N) is 1. The summed E-state index contributed by atoms with van der Waals surface area (Å²) in [5.74, 6) is -1.09. The summed E-state index contributed by atoms with van der Waals surface area (Å²) >= 11 is 0. The molecular weight excluding hydrogens is 525 g/mol. The van der Waals surface area contributed by atoms with Gasteiger partial charge in [0.05, 0.1) is 18.8 Å². The molecule has 0 fully saturated rings. The first-order valence-corrected chi connectivity index (χ1v) is 11.0. The number of hydrogen-bond acceptors (Lipinski definition) is 7. The van der Waals surface area contributed by atoms with Crippen molar-refractivity contribution in [2.45, 2.75) is 38.3 Å². The molecule has 2 N–H and O–H groups in total. The molecule has 0 saturated heterocycles. The van der Waals surface area contributed by atoms with Crippen LogP contribution in [0.3, 0.4) is 0 Å². The Balaban J connectivity index is 0.00000195. The summed E-state index contributed by atoms with van der Waals surface area (Å²) in [4.78, 5) is 7.87. The van der Waals surface area contributed by atoms with Crippen molar-refractivity contribution in [2.75, 3.05) is 11.9 Å². The van der Waals surface area contributed by atoms with Crippen LogP contribution in [0.15, 0.2) is 59.4 Å². The van der Waals surface area contributed by atoms with E-state index in [1.54, 1.807) is 6.07 Å². The number of hydrogen-bond donors (Lipinski definition) is 2. The molecule has 4 rings (SSSR count). The van der Waals surface area contributed by atoms with Gasteiger partial charge in [0.2, 0.25) is 0 Å². The van der Waals surface area contributed by atoms with E-state index >= 15 is 0 Å². The van der Waals surface area contributed by atoms with Crippen molar-refractivity contribution in [3.8, 4) is 22.9 Å². The molecule has 3 aromatic heterocycles. The van der Waals surface area contributed by atoms with Crippen LogP contribution in [-0.4, -0.2) is 54.5 Å². The van der Waals surface area contributed by atoms with Gasteiger partial charge < -0.3 is 14.9 Å². The molecule has 0 amide bonds. The van der Waals surface area contributed by atoms with E-state index in [0.717, 1.165) is 12.3 Å². The van der Waals surface area contributed by atoms with Crippen molar-refractivity contribution >= 4 is 5.82 Å². The highest BCUT2D eigenvalue weighted by Gasteiger charge is 2.70. The van der Waals surface area contributed by atoms with Crippen molar-refractivity contribution < 1.29 is 40.4 Å². The highest BCUT2D eigenvalue weighted by molar-refractivity contribution is 5.63. The number of alkyl halides is 6. The van der Waals surface area contributed by atoms with Gasteiger partial charge in [-0.15, -0.1) is 0 Å². The third-order valence-electron chi connectivity index (χ3n) is 5.11. The lowest BCUT2D eigenvalue weighted by Crippen LogP contribution is -2.61. The second-order valence-corrected chi connectivity index (χ2v) is 7.52. The van der Waals surface area contributed by atoms with Crippen LogP contribution < -0.4 is 5.32 Å². The Morgan fingerprint density at radius 3 is 2.26 bits per heavy atom. The molecule has 38 heavy (non-hydrogen) atoms. The van der Waals surface area contributed by atoms with Crippen LogP contribution in [0.2, 0.25) is 0 Å². The largest absolute Gasteiger partial charge is 0.428 e. The third kappa shape index (κ3) is 5.93. The number of aromatic nitrogens is 5. The normalized spacial score (nSPS) is 12.2. The molecule has 0 aliphatic carbocycles. The minimum atomic E-state index is -5.99. The van der Waals surface area contributed by atoms with Crippen molar-refractivity contribution in [1.29, 1.82) is 0 Å². The fourth-order valence-corrected chi connectivity index (χ4v) is 3.15. The highest BCUT2D eigenvalue weighted by atomic mass is 19.4. The lowest BCUT2D eigenvalue weighted by molar-refractivity contribution is -0.362. The second-order valence-electron chi connectivity index (χ2n) is 7.52. The van der Waals surface area contributed by atoms with Gasteiger partial charge in [-0.2, -0.15) is 31.4 Å². The standard InChI is InChI=1S/C21H15F7N6O2.C2H6/c22-13-4-2-1-3-12(13)10-34-16(14-6-8-36-33-14)9-15(32-34)18-29-7-5-17(31-18)30-11-19(35,20(23,24)25)21(26,27)28;1-2/h1-9,35H,10-11H2,(H,29,30,31);1-2H3. The summed E-state index contributed by atoms with van der Waals surface area (Å²) in [6.07, 6.45) is -9.62. The Morgan fingerprint density at radius 1 is 0.974 bits per heavy atom. The molecule has 1 aromatic carbocycles. The monoisotopic (exact) mass is 546 g/mol. The quantitative estimate of drug-likeness (QED) is 0.296. The van der Waals surface area contributed by atoms with Crippen LogP contribution in [0.5, 0.6) is 0 Å². The van der Waals surface area contributed by atoms with Gasteiger partial charge in [-0.05, 0) is 18.2 Å². The Bertz CT molecular complexity index is 1320. The summed E-state index contributed by atoms with van der Waals surface area (Å²) in [7, 11) is 0. The number of benzene rings is 1. The number of rotatable bonds is 7. The number of nitrogens with zero attached hydrogens (tertiary/aromatic N) is 5. The maximum Gasteiger partial charge on any atom is 0.428 e. The summed E-state index contributed by atoms with van der Waals surface area (Å²) in [5.41, 5.74) is -3.99. The molecule has 0 aliphatic heterocycles. The van der Waals surface area contributed by atoms with E-state index in [4.69, 9.17) is 4.52 Å². The minimum absolute atomic E-state index is 0.0446. The zero-order valence-corrected chi connectivity index (χ0v) is 19.8. The van der Waals surface area contributed by atoms with Crippen LogP contribution in [0.1, 0.15) is 19.4 Å². The first kappa shape index (κ1) is 28.6. The van der Waals surface area contributed by atoms with E-state index in [0.29, 0.717) is 11.4 Å². The molecule has 204 valence electrons.